The van der Waals surface area contributed by atoms with Crippen molar-refractivity contribution in [1.29, 1.82) is 0 Å². The Hall–Kier alpha value is -4.16. The molecule has 3 N–H and O–H groups in total. The lowest BCUT2D eigenvalue weighted by Crippen LogP contribution is -2.28. The highest BCUT2D eigenvalue weighted by Crippen LogP contribution is 2.32. The van der Waals surface area contributed by atoms with Crippen LogP contribution in [0.25, 0.3) is 11.0 Å². The van der Waals surface area contributed by atoms with Gasteiger partial charge >= 0.3 is 11.9 Å². The fraction of sp³-hybridized carbons (Fsp3) is 0.457. The molecule has 0 saturated heterocycles. The number of carbonyl (C=O) groups is 3. The number of sulfonamides is 1. The van der Waals surface area contributed by atoms with Crippen LogP contribution in [0.1, 0.15) is 87.4 Å². The fourth-order valence-electron chi connectivity index (χ4n) is 4.75. The minimum absolute atomic E-state index is 0.148. The van der Waals surface area contributed by atoms with Crippen molar-refractivity contribution in [1.82, 2.24) is 4.90 Å². The number of furan rings is 1. The molecule has 0 spiro atoms. The summed E-state index contributed by atoms with van der Waals surface area (Å²) in [5, 5.41) is 16.2. The van der Waals surface area contributed by atoms with Crippen LogP contribution in [0.2, 0.25) is 0 Å². The second-order valence-electron chi connectivity index (χ2n) is 11.2. The summed E-state index contributed by atoms with van der Waals surface area (Å²) < 4.78 is 38.0. The molecule has 0 bridgehead atoms. The summed E-state index contributed by atoms with van der Waals surface area (Å²) in [4.78, 5) is 35.3. The summed E-state index contributed by atoms with van der Waals surface area (Å²) >= 11 is 0. The van der Waals surface area contributed by atoms with Crippen LogP contribution in [0.3, 0.4) is 0 Å². The van der Waals surface area contributed by atoms with Crippen molar-refractivity contribution in [3.8, 4) is 5.75 Å². The Morgan fingerprint density at radius 3 is 1.96 bits per heavy atom. The lowest BCUT2D eigenvalue weighted by molar-refractivity contribution is -0.134. The zero-order valence-corrected chi connectivity index (χ0v) is 28.6. The molecule has 0 amide bonds. The molecule has 258 valence electrons. The Morgan fingerprint density at radius 1 is 0.851 bits per heavy atom. The molecular formula is C35H48N2O9S. The second kappa shape index (κ2) is 20.2. The van der Waals surface area contributed by atoms with E-state index in [0.717, 1.165) is 50.9 Å². The molecule has 0 unspecified atom stereocenters. The standard InChI is InChI=1S/C31H44N2O5S.C4H4O4/c1-5-8-12-29-30(27-23-25(32-39(4,35)36)15-18-28(27)38-29)31(34)24-13-16-26(17-14-24)37-22-11-21-33(19-9-6-2)20-10-7-3;5-3(6)1-2-4(7)8/h13-18,23,32H,5-12,19-22H2,1-4H3;1-2H,(H,5,6)(H,7,8)/b;2-1+. The van der Waals surface area contributed by atoms with E-state index in [4.69, 9.17) is 19.4 Å². The van der Waals surface area contributed by atoms with E-state index < -0.39 is 22.0 Å². The number of hydrogen-bond acceptors (Lipinski definition) is 8. The summed E-state index contributed by atoms with van der Waals surface area (Å²) in [6, 6.07) is 12.3. The number of aryl methyl sites for hydroxylation is 1. The normalized spacial score (nSPS) is 11.4. The fourth-order valence-corrected chi connectivity index (χ4v) is 5.31. The van der Waals surface area contributed by atoms with Gasteiger partial charge in [0, 0.05) is 41.8 Å². The predicted molar refractivity (Wildman–Crippen MR) is 184 cm³/mol. The van der Waals surface area contributed by atoms with Crippen molar-refractivity contribution in [2.75, 3.05) is 37.2 Å². The quantitative estimate of drug-likeness (QED) is 0.0664. The number of hydrogen-bond donors (Lipinski definition) is 3. The maximum Gasteiger partial charge on any atom is 0.328 e. The van der Waals surface area contributed by atoms with Gasteiger partial charge in [-0.05, 0) is 81.2 Å². The smallest absolute Gasteiger partial charge is 0.328 e. The first-order valence-corrected chi connectivity index (χ1v) is 17.9. The molecule has 11 nitrogen and oxygen atoms in total. The van der Waals surface area contributed by atoms with Gasteiger partial charge in [0.2, 0.25) is 10.0 Å². The number of ether oxygens (including phenoxy) is 1. The number of nitrogens with zero attached hydrogens (tertiary/aromatic N) is 1. The van der Waals surface area contributed by atoms with Gasteiger partial charge in [-0.25, -0.2) is 18.0 Å². The number of aliphatic carboxylic acids is 2. The van der Waals surface area contributed by atoms with Gasteiger partial charge in [0.15, 0.2) is 5.78 Å². The first-order valence-electron chi connectivity index (χ1n) is 16.0. The van der Waals surface area contributed by atoms with Crippen LogP contribution in [-0.2, 0) is 26.0 Å². The van der Waals surface area contributed by atoms with Gasteiger partial charge in [0.05, 0.1) is 18.4 Å². The maximum absolute atomic E-state index is 13.7. The van der Waals surface area contributed by atoms with Crippen molar-refractivity contribution in [3.63, 3.8) is 0 Å². The summed E-state index contributed by atoms with van der Waals surface area (Å²) in [5.74, 6) is -1.29. The summed E-state index contributed by atoms with van der Waals surface area (Å²) in [5.41, 5.74) is 1.99. The zero-order valence-electron chi connectivity index (χ0n) is 27.8. The lowest BCUT2D eigenvalue weighted by Gasteiger charge is -2.21. The molecule has 47 heavy (non-hydrogen) atoms. The van der Waals surface area contributed by atoms with Gasteiger partial charge in [-0.2, -0.15) is 0 Å². The Morgan fingerprint density at radius 2 is 1.43 bits per heavy atom. The highest BCUT2D eigenvalue weighted by Gasteiger charge is 2.22. The van der Waals surface area contributed by atoms with E-state index in [1.54, 1.807) is 30.3 Å². The van der Waals surface area contributed by atoms with Gasteiger partial charge in [-0.1, -0.05) is 40.0 Å². The number of fused-ring (bicyclic) bond motifs is 1. The largest absolute Gasteiger partial charge is 0.494 e. The number of ketones is 1. The number of benzene rings is 2. The van der Waals surface area contributed by atoms with Crippen molar-refractivity contribution >= 4 is 44.4 Å². The molecular weight excluding hydrogens is 624 g/mol. The number of nitrogens with one attached hydrogen (secondary N) is 1. The Balaban J connectivity index is 0.000000849. The van der Waals surface area contributed by atoms with E-state index in [0.29, 0.717) is 58.7 Å². The summed E-state index contributed by atoms with van der Waals surface area (Å²) in [6.07, 6.45) is 10.5. The number of rotatable bonds is 20. The molecule has 2 aromatic carbocycles. The van der Waals surface area contributed by atoms with Crippen molar-refractivity contribution in [2.45, 2.75) is 72.1 Å². The third-order valence-corrected chi connectivity index (χ3v) is 7.68. The number of anilines is 1. The topological polar surface area (TPSA) is 163 Å². The molecule has 3 aromatic rings. The van der Waals surface area contributed by atoms with E-state index in [1.807, 2.05) is 12.1 Å². The highest BCUT2D eigenvalue weighted by molar-refractivity contribution is 7.92. The van der Waals surface area contributed by atoms with Crippen LogP contribution in [0.15, 0.2) is 59.0 Å². The van der Waals surface area contributed by atoms with Gasteiger partial charge in [0.1, 0.15) is 17.1 Å². The van der Waals surface area contributed by atoms with Gasteiger partial charge in [-0.15, -0.1) is 0 Å². The zero-order chi connectivity index (χ0) is 34.8. The third-order valence-electron chi connectivity index (χ3n) is 7.08. The lowest BCUT2D eigenvalue weighted by atomic mass is 9.98. The third kappa shape index (κ3) is 14.4. The molecule has 0 aliphatic rings. The van der Waals surface area contributed by atoms with Gasteiger partial charge in [0.25, 0.3) is 0 Å². The van der Waals surface area contributed by atoms with Crippen LogP contribution in [0.4, 0.5) is 5.69 Å². The van der Waals surface area contributed by atoms with Crippen LogP contribution in [0, 0.1) is 0 Å². The van der Waals surface area contributed by atoms with E-state index in [2.05, 4.69) is 30.4 Å². The first kappa shape index (κ1) is 39.0. The molecule has 0 aliphatic carbocycles. The minimum Gasteiger partial charge on any atom is -0.494 e. The number of carbonyl (C=O) groups excluding carboxylic acids is 1. The molecule has 1 aromatic heterocycles. The maximum atomic E-state index is 13.7. The summed E-state index contributed by atoms with van der Waals surface area (Å²) in [6.45, 7) is 10.5. The van der Waals surface area contributed by atoms with Crippen LogP contribution in [-0.4, -0.2) is 73.7 Å². The number of carboxylic acid groups (broad SMARTS) is 2. The Kier molecular flexibility index (Phi) is 16.7. The van der Waals surface area contributed by atoms with Crippen LogP contribution < -0.4 is 9.46 Å². The first-order chi connectivity index (χ1) is 22.4. The molecule has 0 aliphatic heterocycles. The van der Waals surface area contributed by atoms with E-state index in [-0.39, 0.29) is 5.78 Å². The molecule has 0 saturated carbocycles. The minimum atomic E-state index is -3.45. The molecule has 12 heteroatoms. The average Bonchev–Trinajstić information content (AvgIpc) is 3.38. The monoisotopic (exact) mass is 672 g/mol. The Labute approximate surface area is 277 Å². The molecule has 0 atom stereocenters. The predicted octanol–water partition coefficient (Wildman–Crippen LogP) is 6.76. The van der Waals surface area contributed by atoms with E-state index in [9.17, 15) is 22.8 Å². The highest BCUT2D eigenvalue weighted by atomic mass is 32.2. The SMILES string of the molecule is CCCCc1oc2ccc(NS(C)(=O)=O)cc2c1C(=O)c1ccc(OCCCN(CCCC)CCCC)cc1.O=C(O)/C=C/C(=O)O. The van der Waals surface area contributed by atoms with Gasteiger partial charge in [-0.3, -0.25) is 9.52 Å². The van der Waals surface area contributed by atoms with Crippen molar-refractivity contribution < 1.29 is 42.2 Å². The van der Waals surface area contributed by atoms with Gasteiger partial charge < -0.3 is 24.3 Å². The van der Waals surface area contributed by atoms with Crippen LogP contribution in [0.5, 0.6) is 5.75 Å². The van der Waals surface area contributed by atoms with E-state index >= 15 is 0 Å². The molecule has 0 fully saturated rings. The Bertz CT molecular complexity index is 1550. The molecule has 3 rings (SSSR count). The second-order valence-corrected chi connectivity index (χ2v) is 13.0. The number of unbranched alkanes of at least 4 members (excludes halogenated alkanes) is 3. The van der Waals surface area contributed by atoms with E-state index in [1.165, 1.54) is 25.7 Å². The molecule has 1 heterocycles. The van der Waals surface area contributed by atoms with Crippen molar-refractivity contribution in [3.05, 3.63) is 71.5 Å². The summed E-state index contributed by atoms with van der Waals surface area (Å²) in [7, 11) is -3.45. The van der Waals surface area contributed by atoms with Crippen molar-refractivity contribution in [2.24, 2.45) is 0 Å². The van der Waals surface area contributed by atoms with Crippen LogP contribution >= 0.6 is 0 Å². The number of carboxylic acids is 2. The molecule has 0 radical (unpaired) electrons. The average molecular weight is 673 g/mol.